The average molecular weight is 294 g/mol. The van der Waals surface area contributed by atoms with Crippen LogP contribution in [0.3, 0.4) is 0 Å². The maximum Gasteiger partial charge on any atom is 0.117 e. The van der Waals surface area contributed by atoms with E-state index in [1.54, 1.807) is 0 Å². The second-order valence-electron chi connectivity index (χ2n) is 5.94. The summed E-state index contributed by atoms with van der Waals surface area (Å²) in [6, 6.07) is 4.68. The van der Waals surface area contributed by atoms with E-state index in [0.717, 1.165) is 56.8 Å². The predicted octanol–water partition coefficient (Wildman–Crippen LogP) is 2.81. The molecule has 0 amide bonds. The first-order chi connectivity index (χ1) is 10.2. The van der Waals surface area contributed by atoms with Gasteiger partial charge in [0, 0.05) is 25.7 Å². The maximum atomic E-state index is 5.63. The topological polar surface area (TPSA) is 37.6 Å². The molecule has 0 bridgehead atoms. The van der Waals surface area contributed by atoms with Crippen molar-refractivity contribution in [1.82, 2.24) is 10.2 Å². The molecule has 2 heterocycles. The number of aryl methyl sites for hydroxylation is 1. The highest BCUT2D eigenvalue weighted by Crippen LogP contribution is 2.19. The van der Waals surface area contributed by atoms with Gasteiger partial charge in [-0.15, -0.1) is 0 Å². The number of hydrogen-bond donors (Lipinski definition) is 1. The Balaban J connectivity index is 1.88. The van der Waals surface area contributed by atoms with Crippen molar-refractivity contribution in [3.63, 3.8) is 0 Å². The Bertz CT molecular complexity index is 395. The van der Waals surface area contributed by atoms with Crippen molar-refractivity contribution in [3.05, 3.63) is 23.7 Å². The molecule has 1 fully saturated rings. The predicted molar refractivity (Wildman–Crippen MR) is 85.4 cm³/mol. The molecule has 0 aliphatic carbocycles. The monoisotopic (exact) mass is 294 g/mol. The molecule has 0 spiro atoms. The van der Waals surface area contributed by atoms with Crippen LogP contribution in [0.15, 0.2) is 16.5 Å². The molecule has 1 aliphatic rings. The fourth-order valence-electron chi connectivity index (χ4n) is 3.26. The largest absolute Gasteiger partial charge is 0.465 e. The van der Waals surface area contributed by atoms with Gasteiger partial charge >= 0.3 is 0 Å². The molecular formula is C17H30N2O2. The zero-order valence-electron chi connectivity index (χ0n) is 13.7. The molecule has 0 aromatic carbocycles. The average Bonchev–Trinajstić information content (AvgIpc) is 2.93. The van der Waals surface area contributed by atoms with Crippen LogP contribution >= 0.6 is 0 Å². The van der Waals surface area contributed by atoms with Crippen molar-refractivity contribution >= 4 is 0 Å². The fourth-order valence-corrected chi connectivity index (χ4v) is 3.26. The lowest BCUT2D eigenvalue weighted by atomic mass is 9.92. The molecule has 1 atom stereocenters. The molecular weight excluding hydrogens is 264 g/mol. The van der Waals surface area contributed by atoms with Crippen LogP contribution in [0.5, 0.6) is 0 Å². The summed E-state index contributed by atoms with van der Waals surface area (Å²) in [5.74, 6) is 2.75. The molecule has 0 saturated carbocycles. The van der Waals surface area contributed by atoms with Gasteiger partial charge in [-0.25, -0.2) is 0 Å². The number of hydrogen-bond acceptors (Lipinski definition) is 4. The summed E-state index contributed by atoms with van der Waals surface area (Å²) in [5.41, 5.74) is 0. The van der Waals surface area contributed by atoms with Gasteiger partial charge in [0.15, 0.2) is 0 Å². The van der Waals surface area contributed by atoms with Crippen LogP contribution in [0.4, 0.5) is 0 Å². The quantitative estimate of drug-likeness (QED) is 0.800. The summed E-state index contributed by atoms with van der Waals surface area (Å²) < 4.78 is 11.1. The van der Waals surface area contributed by atoms with Crippen LogP contribution < -0.4 is 5.32 Å². The zero-order chi connectivity index (χ0) is 15.1. The summed E-state index contributed by atoms with van der Waals surface area (Å²) in [6.45, 7) is 12.3. The van der Waals surface area contributed by atoms with Crippen molar-refractivity contribution < 1.29 is 9.15 Å². The van der Waals surface area contributed by atoms with E-state index in [-0.39, 0.29) is 0 Å². The first kappa shape index (κ1) is 16.5. The van der Waals surface area contributed by atoms with Gasteiger partial charge in [0.05, 0.1) is 19.8 Å². The maximum absolute atomic E-state index is 5.63. The summed E-state index contributed by atoms with van der Waals surface area (Å²) in [5, 5.41) is 3.59. The molecule has 120 valence electrons. The Morgan fingerprint density at radius 1 is 1.19 bits per heavy atom. The van der Waals surface area contributed by atoms with Gasteiger partial charge in [0.25, 0.3) is 0 Å². The molecule has 1 unspecified atom stereocenters. The van der Waals surface area contributed by atoms with E-state index >= 15 is 0 Å². The van der Waals surface area contributed by atoms with Gasteiger partial charge < -0.3 is 14.5 Å². The molecule has 4 heteroatoms. The Morgan fingerprint density at radius 2 is 1.90 bits per heavy atom. The van der Waals surface area contributed by atoms with E-state index in [4.69, 9.17) is 9.15 Å². The molecule has 1 aromatic rings. The lowest BCUT2D eigenvalue weighted by Gasteiger charge is -2.38. The summed E-state index contributed by atoms with van der Waals surface area (Å²) in [7, 11) is 0. The smallest absolute Gasteiger partial charge is 0.117 e. The highest BCUT2D eigenvalue weighted by atomic mass is 16.5. The number of nitrogens with one attached hydrogen (secondary N) is 1. The van der Waals surface area contributed by atoms with Gasteiger partial charge in [-0.1, -0.05) is 26.7 Å². The molecule has 0 radical (unpaired) electrons. The highest BCUT2D eigenvalue weighted by Gasteiger charge is 2.26. The lowest BCUT2D eigenvalue weighted by molar-refractivity contribution is 0.00152. The van der Waals surface area contributed by atoms with Crippen LogP contribution in [0.2, 0.25) is 0 Å². The standard InChI is InChI=1S/C17H30N2O2/c1-4-15(5-2)17(19-8-10-20-11-9-19)13-18-12-16-7-6-14(3)21-16/h6-7,15,17-18H,4-5,8-13H2,1-3H3. The summed E-state index contributed by atoms with van der Waals surface area (Å²) >= 11 is 0. The van der Waals surface area contributed by atoms with E-state index in [1.807, 2.05) is 13.0 Å². The van der Waals surface area contributed by atoms with Crippen LogP contribution in [0, 0.1) is 12.8 Å². The minimum absolute atomic E-state index is 0.597. The third kappa shape index (κ3) is 4.83. The first-order valence-corrected chi connectivity index (χ1v) is 8.32. The minimum Gasteiger partial charge on any atom is -0.465 e. The van der Waals surface area contributed by atoms with Crippen molar-refractivity contribution in [2.75, 3.05) is 32.8 Å². The number of nitrogens with zero attached hydrogens (tertiary/aromatic N) is 1. The Labute approximate surface area is 128 Å². The van der Waals surface area contributed by atoms with Gasteiger partial charge in [-0.3, -0.25) is 4.90 Å². The molecule has 2 rings (SSSR count). The highest BCUT2D eigenvalue weighted by molar-refractivity contribution is 5.05. The van der Waals surface area contributed by atoms with Gasteiger partial charge in [0.1, 0.15) is 11.5 Å². The Morgan fingerprint density at radius 3 is 2.48 bits per heavy atom. The van der Waals surface area contributed by atoms with Crippen LogP contribution in [-0.2, 0) is 11.3 Å². The van der Waals surface area contributed by atoms with Crippen molar-refractivity contribution in [3.8, 4) is 0 Å². The van der Waals surface area contributed by atoms with E-state index in [2.05, 4.69) is 30.1 Å². The van der Waals surface area contributed by atoms with Crippen LogP contribution in [-0.4, -0.2) is 43.8 Å². The molecule has 4 nitrogen and oxygen atoms in total. The van der Waals surface area contributed by atoms with E-state index in [9.17, 15) is 0 Å². The second kappa shape index (κ2) is 8.57. The van der Waals surface area contributed by atoms with Crippen molar-refractivity contribution in [1.29, 1.82) is 0 Å². The van der Waals surface area contributed by atoms with E-state index < -0.39 is 0 Å². The lowest BCUT2D eigenvalue weighted by Crippen LogP contribution is -2.51. The normalized spacial score (nSPS) is 18.3. The molecule has 1 saturated heterocycles. The van der Waals surface area contributed by atoms with Gasteiger partial charge in [0.2, 0.25) is 0 Å². The SMILES string of the molecule is CCC(CC)C(CNCc1ccc(C)o1)N1CCOCC1. The van der Waals surface area contributed by atoms with Gasteiger partial charge in [-0.05, 0) is 25.0 Å². The number of furan rings is 1. The summed E-state index contributed by atoms with van der Waals surface area (Å²) in [6.07, 6.45) is 2.47. The Hall–Kier alpha value is -0.840. The van der Waals surface area contributed by atoms with Gasteiger partial charge in [-0.2, -0.15) is 0 Å². The fraction of sp³-hybridized carbons (Fsp3) is 0.765. The Kier molecular flexibility index (Phi) is 6.74. The number of rotatable bonds is 8. The third-order valence-electron chi connectivity index (χ3n) is 4.56. The van der Waals surface area contributed by atoms with Crippen LogP contribution in [0.25, 0.3) is 0 Å². The molecule has 1 N–H and O–H groups in total. The van der Waals surface area contributed by atoms with Crippen molar-refractivity contribution in [2.24, 2.45) is 5.92 Å². The van der Waals surface area contributed by atoms with E-state index in [1.165, 1.54) is 12.8 Å². The number of ether oxygens (including phenoxy) is 1. The molecule has 1 aliphatic heterocycles. The van der Waals surface area contributed by atoms with E-state index in [0.29, 0.717) is 6.04 Å². The zero-order valence-corrected chi connectivity index (χ0v) is 13.7. The number of morpholine rings is 1. The minimum atomic E-state index is 0.597. The molecule has 1 aromatic heterocycles. The summed E-state index contributed by atoms with van der Waals surface area (Å²) in [4.78, 5) is 2.60. The van der Waals surface area contributed by atoms with Crippen LogP contribution in [0.1, 0.15) is 38.2 Å². The molecule has 21 heavy (non-hydrogen) atoms. The third-order valence-corrected chi connectivity index (χ3v) is 4.56. The first-order valence-electron chi connectivity index (χ1n) is 8.32. The van der Waals surface area contributed by atoms with Crippen molar-refractivity contribution in [2.45, 2.75) is 46.2 Å². The second-order valence-corrected chi connectivity index (χ2v) is 5.94.